The minimum atomic E-state index is -0.760. The molecule has 1 aromatic carbocycles. The van der Waals surface area contributed by atoms with Crippen LogP contribution in [0.5, 0.6) is 17.2 Å². The van der Waals surface area contributed by atoms with Crippen molar-refractivity contribution in [3.8, 4) is 23.3 Å². The molecule has 0 saturated heterocycles. The Balaban J connectivity index is 2.08. The lowest BCUT2D eigenvalue weighted by molar-refractivity contribution is -0.119. The maximum atomic E-state index is 12.3. The summed E-state index contributed by atoms with van der Waals surface area (Å²) in [6, 6.07) is 6.52. The monoisotopic (exact) mass is 376 g/mol. The van der Waals surface area contributed by atoms with Crippen molar-refractivity contribution in [2.24, 2.45) is 0 Å². The average Bonchev–Trinajstić information content (AvgIpc) is 3.11. The molecule has 136 valence electrons. The number of nitrogens with one attached hydrogen (secondary N) is 1. The van der Waals surface area contributed by atoms with Crippen molar-refractivity contribution in [2.45, 2.75) is 0 Å². The van der Waals surface area contributed by atoms with Crippen LogP contribution < -0.4 is 19.5 Å². The first-order chi connectivity index (χ1) is 12.5. The first-order valence-corrected chi connectivity index (χ1v) is 8.17. The van der Waals surface area contributed by atoms with Crippen LogP contribution in [-0.2, 0) is 9.53 Å². The fraction of sp³-hybridized carbons (Fsp3) is 0.235. The van der Waals surface area contributed by atoms with Crippen molar-refractivity contribution < 1.29 is 28.5 Å². The molecule has 1 N–H and O–H groups in total. The quantitative estimate of drug-likeness (QED) is 0.740. The van der Waals surface area contributed by atoms with Gasteiger partial charge in [0.15, 0.2) is 18.1 Å². The number of carbonyl (C=O) groups is 2. The van der Waals surface area contributed by atoms with Gasteiger partial charge in [-0.15, -0.1) is 11.3 Å². The third-order valence-electron chi connectivity index (χ3n) is 3.30. The number of thiophene rings is 1. The van der Waals surface area contributed by atoms with Gasteiger partial charge in [-0.3, -0.25) is 4.79 Å². The standard InChI is InChI=1S/C17H16N2O6S/c1-22-12-5-4-11(14(23-2)15(12)24-3)17(21)25-9-13(20)19-16-10(8-18)6-7-26-16/h4-7H,9H2,1-3H3,(H,19,20). The van der Waals surface area contributed by atoms with E-state index in [9.17, 15) is 9.59 Å². The maximum absolute atomic E-state index is 12.3. The number of ether oxygens (including phenoxy) is 4. The summed E-state index contributed by atoms with van der Waals surface area (Å²) < 4.78 is 20.6. The third kappa shape index (κ3) is 4.04. The zero-order valence-corrected chi connectivity index (χ0v) is 15.1. The summed E-state index contributed by atoms with van der Waals surface area (Å²) in [5.41, 5.74) is 0.433. The molecule has 1 aromatic heterocycles. The molecule has 0 spiro atoms. The number of rotatable bonds is 7. The minimum Gasteiger partial charge on any atom is -0.493 e. The molecule has 1 amide bonds. The van der Waals surface area contributed by atoms with Crippen molar-refractivity contribution in [3.05, 3.63) is 34.7 Å². The highest BCUT2D eigenvalue weighted by Gasteiger charge is 2.22. The van der Waals surface area contributed by atoms with Crippen LogP contribution >= 0.6 is 11.3 Å². The van der Waals surface area contributed by atoms with E-state index in [1.807, 2.05) is 6.07 Å². The molecule has 2 rings (SSSR count). The summed E-state index contributed by atoms with van der Waals surface area (Å²) >= 11 is 1.20. The Hall–Kier alpha value is -3.25. The van der Waals surface area contributed by atoms with Crippen molar-refractivity contribution in [1.82, 2.24) is 0 Å². The van der Waals surface area contributed by atoms with Crippen molar-refractivity contribution in [1.29, 1.82) is 5.26 Å². The summed E-state index contributed by atoms with van der Waals surface area (Å²) in [5, 5.41) is 13.5. The number of hydrogen-bond acceptors (Lipinski definition) is 8. The van der Waals surface area contributed by atoms with E-state index < -0.39 is 18.5 Å². The van der Waals surface area contributed by atoms with Gasteiger partial charge in [-0.05, 0) is 23.6 Å². The van der Waals surface area contributed by atoms with Crippen LogP contribution in [-0.4, -0.2) is 39.8 Å². The Morgan fingerprint density at radius 3 is 2.46 bits per heavy atom. The van der Waals surface area contributed by atoms with Crippen LogP contribution in [0.2, 0.25) is 0 Å². The number of anilines is 1. The van der Waals surface area contributed by atoms with Crippen molar-refractivity contribution >= 4 is 28.2 Å². The molecular formula is C17H16N2O6S. The van der Waals surface area contributed by atoms with Gasteiger partial charge in [0.1, 0.15) is 16.6 Å². The molecule has 0 aliphatic rings. The number of nitriles is 1. The predicted molar refractivity (Wildman–Crippen MR) is 94.0 cm³/mol. The number of methoxy groups -OCH3 is 3. The van der Waals surface area contributed by atoms with Gasteiger partial charge >= 0.3 is 5.97 Å². The molecule has 1 heterocycles. The van der Waals surface area contributed by atoms with Gasteiger partial charge in [-0.25, -0.2) is 4.79 Å². The Bertz CT molecular complexity index is 855. The fourth-order valence-electron chi connectivity index (χ4n) is 2.13. The summed E-state index contributed by atoms with van der Waals surface area (Å²) in [6.45, 7) is -0.515. The zero-order chi connectivity index (χ0) is 19.1. The van der Waals surface area contributed by atoms with E-state index in [0.29, 0.717) is 16.3 Å². The van der Waals surface area contributed by atoms with Crippen molar-refractivity contribution in [3.63, 3.8) is 0 Å². The molecule has 0 aliphatic carbocycles. The van der Waals surface area contributed by atoms with Crippen LogP contribution in [0, 0.1) is 11.3 Å². The van der Waals surface area contributed by atoms with E-state index >= 15 is 0 Å². The number of hydrogen-bond donors (Lipinski definition) is 1. The molecule has 8 nitrogen and oxygen atoms in total. The van der Waals surface area contributed by atoms with E-state index in [1.165, 1.54) is 44.8 Å². The summed E-state index contributed by atoms with van der Waals surface area (Å²) in [7, 11) is 4.25. The highest BCUT2D eigenvalue weighted by Crippen LogP contribution is 2.39. The van der Waals surface area contributed by atoms with Gasteiger partial charge in [-0.2, -0.15) is 5.26 Å². The molecule has 0 aliphatic heterocycles. The fourth-order valence-corrected chi connectivity index (χ4v) is 2.88. The summed E-state index contributed by atoms with van der Waals surface area (Å²) in [6.07, 6.45) is 0. The molecular weight excluding hydrogens is 360 g/mol. The summed E-state index contributed by atoms with van der Waals surface area (Å²) in [4.78, 5) is 24.2. The molecule has 0 atom stereocenters. The molecule has 0 bridgehead atoms. The lowest BCUT2D eigenvalue weighted by Crippen LogP contribution is -2.21. The van der Waals surface area contributed by atoms with Crippen LogP contribution in [0.3, 0.4) is 0 Å². The van der Waals surface area contributed by atoms with Crippen molar-refractivity contribution in [2.75, 3.05) is 33.3 Å². The number of amides is 1. The number of benzene rings is 1. The normalized spacial score (nSPS) is 9.77. The zero-order valence-electron chi connectivity index (χ0n) is 14.3. The van der Waals surface area contributed by atoms with Gasteiger partial charge in [0.2, 0.25) is 5.75 Å². The number of esters is 1. The highest BCUT2D eigenvalue weighted by molar-refractivity contribution is 7.14. The lowest BCUT2D eigenvalue weighted by atomic mass is 10.1. The number of nitrogens with zero attached hydrogens (tertiary/aromatic N) is 1. The van der Waals surface area contributed by atoms with Gasteiger partial charge in [0, 0.05) is 0 Å². The molecule has 9 heteroatoms. The van der Waals surface area contributed by atoms with Gasteiger partial charge in [0.25, 0.3) is 5.91 Å². The van der Waals surface area contributed by atoms with Crippen LogP contribution in [0.15, 0.2) is 23.6 Å². The molecule has 0 unspecified atom stereocenters. The Morgan fingerprint density at radius 1 is 1.12 bits per heavy atom. The Labute approximate surface area is 153 Å². The predicted octanol–water partition coefficient (Wildman–Crippen LogP) is 2.44. The SMILES string of the molecule is COc1ccc(C(=O)OCC(=O)Nc2sccc2C#N)c(OC)c1OC. The van der Waals surface area contributed by atoms with E-state index in [2.05, 4.69) is 5.32 Å². The van der Waals surface area contributed by atoms with Crippen LogP contribution in [0.1, 0.15) is 15.9 Å². The second kappa shape index (κ2) is 8.73. The minimum absolute atomic E-state index is 0.0896. The van der Waals surface area contributed by atoms with Gasteiger partial charge < -0.3 is 24.3 Å². The second-order valence-electron chi connectivity index (χ2n) is 4.78. The molecule has 2 aromatic rings. The molecule has 0 saturated carbocycles. The maximum Gasteiger partial charge on any atom is 0.342 e. The van der Waals surface area contributed by atoms with Gasteiger partial charge in [-0.1, -0.05) is 0 Å². The first kappa shape index (κ1) is 19.1. The third-order valence-corrected chi connectivity index (χ3v) is 4.13. The Morgan fingerprint density at radius 2 is 1.85 bits per heavy atom. The van der Waals surface area contributed by atoms with E-state index in [4.69, 9.17) is 24.2 Å². The van der Waals surface area contributed by atoms with Crippen LogP contribution in [0.25, 0.3) is 0 Å². The Kier molecular flexibility index (Phi) is 6.41. The van der Waals surface area contributed by atoms with Gasteiger partial charge in [0.05, 0.1) is 26.9 Å². The highest BCUT2D eigenvalue weighted by atomic mass is 32.1. The lowest BCUT2D eigenvalue weighted by Gasteiger charge is -2.15. The number of carbonyl (C=O) groups excluding carboxylic acids is 2. The second-order valence-corrected chi connectivity index (χ2v) is 5.70. The summed E-state index contributed by atoms with van der Waals surface area (Å²) in [5.74, 6) is -0.546. The largest absolute Gasteiger partial charge is 0.493 e. The molecule has 0 radical (unpaired) electrons. The topological polar surface area (TPSA) is 107 Å². The first-order valence-electron chi connectivity index (χ1n) is 7.29. The average molecular weight is 376 g/mol. The van der Waals surface area contributed by atoms with E-state index in [1.54, 1.807) is 11.4 Å². The van der Waals surface area contributed by atoms with E-state index in [-0.39, 0.29) is 17.1 Å². The van der Waals surface area contributed by atoms with E-state index in [0.717, 1.165) is 0 Å². The smallest absolute Gasteiger partial charge is 0.342 e. The van der Waals surface area contributed by atoms with Crippen LogP contribution in [0.4, 0.5) is 5.00 Å². The molecule has 26 heavy (non-hydrogen) atoms. The molecule has 0 fully saturated rings.